The molecule has 3 nitrogen and oxygen atoms in total. The van der Waals surface area contributed by atoms with Crippen LogP contribution < -0.4 is 0 Å². The monoisotopic (exact) mass is 324 g/mol. The Labute approximate surface area is 118 Å². The van der Waals surface area contributed by atoms with Crippen LogP contribution in [0.5, 0.6) is 0 Å². The molecule has 1 N–H and O–H groups in total. The van der Waals surface area contributed by atoms with Gasteiger partial charge in [-0.25, -0.2) is 0 Å². The zero-order valence-electron chi connectivity index (χ0n) is 12.0. The van der Waals surface area contributed by atoms with Crippen molar-refractivity contribution in [2.45, 2.75) is 58.2 Å². The molecular formula is C12H18F6O3. The maximum Gasteiger partial charge on any atom is 0.430 e. The van der Waals surface area contributed by atoms with Crippen LogP contribution in [-0.2, 0) is 9.53 Å². The van der Waals surface area contributed by atoms with E-state index in [2.05, 4.69) is 4.74 Å². The molecule has 9 heteroatoms. The highest BCUT2D eigenvalue weighted by Crippen LogP contribution is 2.47. The highest BCUT2D eigenvalue weighted by Gasteiger charge is 2.75. The van der Waals surface area contributed by atoms with E-state index in [-0.39, 0.29) is 0 Å². The first-order valence-electron chi connectivity index (χ1n) is 6.20. The number of hydrogen-bond donors (Lipinski definition) is 1. The Morgan fingerprint density at radius 1 is 1.00 bits per heavy atom. The van der Waals surface area contributed by atoms with E-state index in [1.165, 1.54) is 27.7 Å². The molecule has 0 fully saturated rings. The summed E-state index contributed by atoms with van der Waals surface area (Å²) >= 11 is 0. The standard InChI is InChI=1S/C12H18F6O3/c1-6(2)5-8(21-9(19)7(3)4)10(20,11(13,14)15)12(16,17)18/h6-8,20H,5H2,1-4H3. The summed E-state index contributed by atoms with van der Waals surface area (Å²) in [6, 6.07) is 0. The van der Waals surface area contributed by atoms with Gasteiger partial charge in [0.15, 0.2) is 0 Å². The van der Waals surface area contributed by atoms with Crippen LogP contribution in [0, 0.1) is 11.8 Å². The van der Waals surface area contributed by atoms with E-state index in [4.69, 9.17) is 0 Å². The Bertz CT molecular complexity index is 345. The molecule has 126 valence electrons. The van der Waals surface area contributed by atoms with Gasteiger partial charge in [0.2, 0.25) is 0 Å². The minimum atomic E-state index is -6.03. The lowest BCUT2D eigenvalue weighted by atomic mass is 9.88. The first-order valence-corrected chi connectivity index (χ1v) is 6.20. The predicted octanol–water partition coefficient (Wildman–Crippen LogP) is 3.46. The summed E-state index contributed by atoms with van der Waals surface area (Å²) in [5.74, 6) is -2.83. The smallest absolute Gasteiger partial charge is 0.430 e. The van der Waals surface area contributed by atoms with Gasteiger partial charge in [-0.1, -0.05) is 27.7 Å². The van der Waals surface area contributed by atoms with E-state index in [1.54, 1.807) is 0 Å². The molecule has 0 aliphatic heterocycles. The van der Waals surface area contributed by atoms with Crippen LogP contribution in [-0.4, -0.2) is 35.1 Å². The normalized spacial score (nSPS) is 15.5. The van der Waals surface area contributed by atoms with Gasteiger partial charge in [-0.2, -0.15) is 26.3 Å². The van der Waals surface area contributed by atoms with Crippen LogP contribution in [0.2, 0.25) is 0 Å². The number of hydrogen-bond acceptors (Lipinski definition) is 3. The zero-order valence-corrected chi connectivity index (χ0v) is 12.0. The predicted molar refractivity (Wildman–Crippen MR) is 61.2 cm³/mol. The molecule has 0 aromatic heterocycles. The third kappa shape index (κ3) is 4.49. The molecule has 0 radical (unpaired) electrons. The fourth-order valence-corrected chi connectivity index (χ4v) is 1.53. The van der Waals surface area contributed by atoms with Crippen LogP contribution in [0.1, 0.15) is 34.1 Å². The summed E-state index contributed by atoms with van der Waals surface area (Å²) in [5, 5.41) is 9.30. The van der Waals surface area contributed by atoms with E-state index < -0.39 is 48.3 Å². The Morgan fingerprint density at radius 3 is 1.62 bits per heavy atom. The highest BCUT2D eigenvalue weighted by molar-refractivity contribution is 5.71. The summed E-state index contributed by atoms with van der Waals surface area (Å²) in [6.07, 6.45) is -15.6. The number of aliphatic hydroxyl groups is 1. The molecule has 21 heavy (non-hydrogen) atoms. The number of carbonyl (C=O) groups is 1. The van der Waals surface area contributed by atoms with Crippen LogP contribution in [0.3, 0.4) is 0 Å². The van der Waals surface area contributed by atoms with Crippen LogP contribution >= 0.6 is 0 Å². The molecule has 0 heterocycles. The van der Waals surface area contributed by atoms with Crippen molar-refractivity contribution in [3.05, 3.63) is 0 Å². The third-order valence-electron chi connectivity index (χ3n) is 2.75. The second-order valence-electron chi connectivity index (χ2n) is 5.47. The molecule has 0 rings (SSSR count). The van der Waals surface area contributed by atoms with Crippen molar-refractivity contribution in [3.63, 3.8) is 0 Å². The van der Waals surface area contributed by atoms with E-state index in [1.807, 2.05) is 0 Å². The number of alkyl halides is 6. The average Bonchev–Trinajstić information content (AvgIpc) is 2.22. The molecule has 0 aromatic carbocycles. The average molecular weight is 324 g/mol. The SMILES string of the molecule is CC(C)CC(OC(=O)C(C)C)C(O)(C(F)(F)F)C(F)(F)F. The maximum atomic E-state index is 12.8. The molecular weight excluding hydrogens is 306 g/mol. The molecule has 1 unspecified atom stereocenters. The highest BCUT2D eigenvalue weighted by atomic mass is 19.4. The summed E-state index contributed by atoms with van der Waals surface area (Å²) in [6.45, 7) is 5.22. The molecule has 0 bridgehead atoms. The van der Waals surface area contributed by atoms with Gasteiger partial charge in [-0.05, 0) is 12.3 Å². The van der Waals surface area contributed by atoms with Crippen molar-refractivity contribution in [2.24, 2.45) is 11.8 Å². The molecule has 0 saturated heterocycles. The number of carbonyl (C=O) groups excluding carboxylic acids is 1. The van der Waals surface area contributed by atoms with Crippen molar-refractivity contribution in [3.8, 4) is 0 Å². The van der Waals surface area contributed by atoms with Crippen molar-refractivity contribution >= 4 is 5.97 Å². The van der Waals surface area contributed by atoms with Gasteiger partial charge in [0.05, 0.1) is 5.92 Å². The van der Waals surface area contributed by atoms with Crippen molar-refractivity contribution < 1.29 is 41.0 Å². The van der Waals surface area contributed by atoms with Crippen molar-refractivity contribution in [1.29, 1.82) is 0 Å². The molecule has 0 aliphatic rings. The fraction of sp³-hybridized carbons (Fsp3) is 0.917. The van der Waals surface area contributed by atoms with E-state index in [0.29, 0.717) is 0 Å². The largest absolute Gasteiger partial charge is 0.458 e. The Kier molecular flexibility index (Phi) is 6.11. The van der Waals surface area contributed by atoms with Gasteiger partial charge in [-0.3, -0.25) is 4.79 Å². The second kappa shape index (κ2) is 6.41. The van der Waals surface area contributed by atoms with Crippen molar-refractivity contribution in [1.82, 2.24) is 0 Å². The van der Waals surface area contributed by atoms with Gasteiger partial charge < -0.3 is 9.84 Å². The Balaban J connectivity index is 5.77. The first kappa shape index (κ1) is 20.0. The van der Waals surface area contributed by atoms with E-state index in [0.717, 1.165) is 0 Å². The molecule has 0 aromatic rings. The lowest BCUT2D eigenvalue weighted by Gasteiger charge is -2.38. The number of rotatable bonds is 5. The van der Waals surface area contributed by atoms with Crippen molar-refractivity contribution in [2.75, 3.05) is 0 Å². The molecule has 0 aliphatic carbocycles. The molecule has 0 spiro atoms. The van der Waals surface area contributed by atoms with Gasteiger partial charge >= 0.3 is 18.3 Å². The van der Waals surface area contributed by atoms with Crippen LogP contribution in [0.15, 0.2) is 0 Å². The lowest BCUT2D eigenvalue weighted by Crippen LogP contribution is -2.65. The zero-order chi connectivity index (χ0) is 17.2. The first-order chi connectivity index (χ1) is 9.14. The van der Waals surface area contributed by atoms with Crippen LogP contribution in [0.4, 0.5) is 26.3 Å². The Hall–Kier alpha value is -0.990. The van der Waals surface area contributed by atoms with Gasteiger partial charge in [0.1, 0.15) is 6.10 Å². The van der Waals surface area contributed by atoms with Crippen LogP contribution in [0.25, 0.3) is 0 Å². The number of ether oxygens (including phenoxy) is 1. The minimum absolute atomic E-state index is 0.661. The summed E-state index contributed by atoms with van der Waals surface area (Å²) in [5.41, 5.74) is -5.10. The minimum Gasteiger partial charge on any atom is -0.458 e. The topological polar surface area (TPSA) is 46.5 Å². The van der Waals surface area contributed by atoms with E-state index >= 15 is 0 Å². The summed E-state index contributed by atoms with van der Waals surface area (Å²) < 4.78 is 81.1. The fourth-order valence-electron chi connectivity index (χ4n) is 1.53. The summed E-state index contributed by atoms with van der Waals surface area (Å²) in [4.78, 5) is 11.4. The van der Waals surface area contributed by atoms with E-state index in [9.17, 15) is 36.2 Å². The molecule has 1 atom stereocenters. The quantitative estimate of drug-likeness (QED) is 0.622. The number of halogens is 6. The van der Waals surface area contributed by atoms with Gasteiger partial charge in [0.25, 0.3) is 5.60 Å². The summed E-state index contributed by atoms with van der Waals surface area (Å²) in [7, 11) is 0. The number of esters is 1. The third-order valence-corrected chi connectivity index (χ3v) is 2.75. The second-order valence-corrected chi connectivity index (χ2v) is 5.47. The lowest BCUT2D eigenvalue weighted by molar-refractivity contribution is -0.392. The molecule has 0 saturated carbocycles. The Morgan fingerprint density at radius 2 is 1.38 bits per heavy atom. The van der Waals surface area contributed by atoms with Gasteiger partial charge in [-0.15, -0.1) is 0 Å². The maximum absolute atomic E-state index is 12.8. The molecule has 0 amide bonds. The van der Waals surface area contributed by atoms with Gasteiger partial charge in [0, 0.05) is 0 Å².